The molecule has 0 spiro atoms. The molecule has 2 N–H and O–H groups in total. The van der Waals surface area contributed by atoms with Crippen LogP contribution in [-0.4, -0.2) is 20.5 Å². The largest absolute Gasteiger partial charge is 0.471 e. The molecule has 1 amide bonds. The lowest BCUT2D eigenvalue weighted by atomic mass is 10.2. The van der Waals surface area contributed by atoms with Gasteiger partial charge in [-0.3, -0.25) is 4.79 Å². The molecule has 0 aliphatic rings. The number of carbonyl (C=O) groups is 1. The Balaban J connectivity index is 1.47. The van der Waals surface area contributed by atoms with Crippen LogP contribution in [0.4, 0.5) is 5.69 Å². The number of aromatic amines is 1. The zero-order valence-corrected chi connectivity index (χ0v) is 15.5. The van der Waals surface area contributed by atoms with Crippen LogP contribution in [0.25, 0.3) is 16.4 Å². The number of anilines is 1. The van der Waals surface area contributed by atoms with E-state index in [9.17, 15) is 4.79 Å². The molecule has 2 aromatic carbocycles. The van der Waals surface area contributed by atoms with Gasteiger partial charge in [0, 0.05) is 29.0 Å². The van der Waals surface area contributed by atoms with Gasteiger partial charge in [0.25, 0.3) is 5.91 Å². The van der Waals surface area contributed by atoms with Crippen LogP contribution in [0.1, 0.15) is 15.9 Å². The molecule has 0 fully saturated rings. The van der Waals surface area contributed by atoms with Crippen LogP contribution in [0.2, 0.25) is 0 Å². The molecule has 0 aliphatic heterocycles. The monoisotopic (exact) mass is 382 g/mol. The van der Waals surface area contributed by atoms with Crippen LogP contribution < -0.4 is 10.1 Å². The highest BCUT2D eigenvalue weighted by molar-refractivity contribution is 6.11. The second kappa shape index (κ2) is 7.16. The third-order valence-electron chi connectivity index (χ3n) is 4.76. The highest BCUT2D eigenvalue weighted by Crippen LogP contribution is 2.26. The summed E-state index contributed by atoms with van der Waals surface area (Å²) >= 11 is 0. The zero-order valence-electron chi connectivity index (χ0n) is 15.5. The molecule has 0 atom stereocenters. The predicted octanol–water partition coefficient (Wildman–Crippen LogP) is 4.65. The van der Waals surface area contributed by atoms with Gasteiger partial charge in [-0.2, -0.15) is 0 Å². The van der Waals surface area contributed by atoms with E-state index in [0.29, 0.717) is 29.3 Å². The first kappa shape index (κ1) is 17.1. The molecule has 3 heterocycles. The van der Waals surface area contributed by atoms with Crippen molar-refractivity contribution in [1.82, 2.24) is 14.6 Å². The van der Waals surface area contributed by atoms with Gasteiger partial charge in [-0.25, -0.2) is 4.52 Å². The summed E-state index contributed by atoms with van der Waals surface area (Å²) in [6.07, 6.45) is 3.67. The summed E-state index contributed by atoms with van der Waals surface area (Å²) in [7, 11) is 0. The molecule has 0 saturated heterocycles. The van der Waals surface area contributed by atoms with E-state index in [-0.39, 0.29) is 5.91 Å². The smallest absolute Gasteiger partial charge is 0.263 e. The van der Waals surface area contributed by atoms with Crippen LogP contribution >= 0.6 is 0 Å². The topological polar surface area (TPSA) is 71.4 Å². The molecule has 0 unspecified atom stereocenters. The lowest BCUT2D eigenvalue weighted by Crippen LogP contribution is -2.13. The van der Waals surface area contributed by atoms with Gasteiger partial charge in [0.1, 0.15) is 12.2 Å². The fraction of sp³-hybridized carbons (Fsp3) is 0.0435. The number of carbonyl (C=O) groups excluding carboxylic acids is 1. The molecular weight excluding hydrogens is 364 g/mol. The number of rotatable bonds is 5. The molecular formula is C23H18N4O2. The molecule has 6 heteroatoms. The molecule has 29 heavy (non-hydrogen) atoms. The average molecular weight is 382 g/mol. The van der Waals surface area contributed by atoms with Gasteiger partial charge in [0.2, 0.25) is 5.88 Å². The molecule has 3 aromatic heterocycles. The van der Waals surface area contributed by atoms with Gasteiger partial charge in [-0.1, -0.05) is 36.4 Å². The van der Waals surface area contributed by atoms with Gasteiger partial charge in [0.15, 0.2) is 0 Å². The minimum atomic E-state index is -0.260. The van der Waals surface area contributed by atoms with Crippen LogP contribution in [0.5, 0.6) is 5.88 Å². The Morgan fingerprint density at radius 1 is 1.03 bits per heavy atom. The number of nitrogens with one attached hydrogen (secondary N) is 2. The van der Waals surface area contributed by atoms with Crippen molar-refractivity contribution in [3.63, 3.8) is 0 Å². The molecule has 142 valence electrons. The molecule has 0 saturated carbocycles. The van der Waals surface area contributed by atoms with Gasteiger partial charge in [0.05, 0.1) is 5.52 Å². The van der Waals surface area contributed by atoms with E-state index in [0.717, 1.165) is 16.5 Å². The second-order valence-electron chi connectivity index (χ2n) is 6.72. The standard InChI is InChI=1S/C23H18N4O2/c28-22(25-18-9-10-19-17(14-18)11-12-24-19)21-20-8-4-5-13-27(20)26-23(21)29-15-16-6-2-1-3-7-16/h1-14,24H,15H2,(H,25,28). The maximum Gasteiger partial charge on any atom is 0.263 e. The summed E-state index contributed by atoms with van der Waals surface area (Å²) in [6, 6.07) is 23.1. The van der Waals surface area contributed by atoms with Crippen LogP contribution in [0.3, 0.4) is 0 Å². The van der Waals surface area contributed by atoms with E-state index >= 15 is 0 Å². The SMILES string of the molecule is O=C(Nc1ccc2[nH]ccc2c1)c1c(OCc2ccccc2)nn2ccccc12. The third-order valence-corrected chi connectivity index (χ3v) is 4.76. The Bertz CT molecular complexity index is 1300. The summed E-state index contributed by atoms with van der Waals surface area (Å²) in [5, 5.41) is 8.46. The normalized spacial score (nSPS) is 11.0. The minimum absolute atomic E-state index is 0.260. The van der Waals surface area contributed by atoms with E-state index in [4.69, 9.17) is 4.74 Å². The first-order valence-corrected chi connectivity index (χ1v) is 9.30. The van der Waals surface area contributed by atoms with Crippen LogP contribution in [-0.2, 0) is 6.61 Å². The van der Waals surface area contributed by atoms with Crippen LogP contribution in [0, 0.1) is 0 Å². The first-order chi connectivity index (χ1) is 14.3. The van der Waals surface area contributed by atoms with Crippen molar-refractivity contribution in [3.05, 3.63) is 96.3 Å². The number of hydrogen-bond donors (Lipinski definition) is 2. The Kier molecular flexibility index (Phi) is 4.22. The Morgan fingerprint density at radius 3 is 2.79 bits per heavy atom. The zero-order chi connectivity index (χ0) is 19.6. The van der Waals surface area contributed by atoms with Crippen molar-refractivity contribution in [3.8, 4) is 5.88 Å². The third kappa shape index (κ3) is 3.32. The van der Waals surface area contributed by atoms with Gasteiger partial charge < -0.3 is 15.0 Å². The molecule has 0 aliphatic carbocycles. The number of ether oxygens (including phenoxy) is 1. The van der Waals surface area contributed by atoms with Crippen LogP contribution in [0.15, 0.2) is 85.2 Å². The maximum absolute atomic E-state index is 13.1. The number of fused-ring (bicyclic) bond motifs is 2. The maximum atomic E-state index is 13.1. The van der Waals surface area contributed by atoms with Crippen molar-refractivity contribution in [2.24, 2.45) is 0 Å². The van der Waals surface area contributed by atoms with Crippen molar-refractivity contribution >= 4 is 28.0 Å². The van der Waals surface area contributed by atoms with Gasteiger partial charge >= 0.3 is 0 Å². The molecule has 5 rings (SSSR count). The van der Waals surface area contributed by atoms with E-state index in [1.165, 1.54) is 0 Å². The number of amides is 1. The van der Waals surface area contributed by atoms with Gasteiger partial charge in [-0.05, 0) is 42.0 Å². The fourth-order valence-corrected chi connectivity index (χ4v) is 3.34. The van der Waals surface area contributed by atoms with Crippen molar-refractivity contribution in [1.29, 1.82) is 0 Å². The highest BCUT2D eigenvalue weighted by Gasteiger charge is 2.21. The van der Waals surface area contributed by atoms with Gasteiger partial charge in [-0.15, -0.1) is 5.10 Å². The van der Waals surface area contributed by atoms with Crippen molar-refractivity contribution in [2.75, 3.05) is 5.32 Å². The number of benzene rings is 2. The molecule has 6 nitrogen and oxygen atoms in total. The summed E-state index contributed by atoms with van der Waals surface area (Å²) in [5.74, 6) is 0.0458. The van der Waals surface area contributed by atoms with E-state index in [2.05, 4.69) is 15.4 Å². The summed E-state index contributed by atoms with van der Waals surface area (Å²) < 4.78 is 7.58. The van der Waals surface area contributed by atoms with E-state index in [1.54, 1.807) is 10.7 Å². The molecule has 0 bridgehead atoms. The number of nitrogens with zero attached hydrogens (tertiary/aromatic N) is 2. The van der Waals surface area contributed by atoms with Crippen molar-refractivity contribution in [2.45, 2.75) is 6.61 Å². The number of H-pyrrole nitrogens is 1. The Labute approximate surface area is 166 Å². The predicted molar refractivity (Wildman–Crippen MR) is 112 cm³/mol. The summed E-state index contributed by atoms with van der Waals surface area (Å²) in [4.78, 5) is 16.3. The lowest BCUT2D eigenvalue weighted by molar-refractivity contribution is 0.102. The summed E-state index contributed by atoms with van der Waals surface area (Å²) in [5.41, 5.74) is 3.84. The molecule has 0 radical (unpaired) electrons. The summed E-state index contributed by atoms with van der Waals surface area (Å²) in [6.45, 7) is 0.334. The number of hydrogen-bond acceptors (Lipinski definition) is 3. The fourth-order valence-electron chi connectivity index (χ4n) is 3.34. The number of aromatic nitrogens is 3. The molecule has 5 aromatic rings. The first-order valence-electron chi connectivity index (χ1n) is 9.30. The van der Waals surface area contributed by atoms with E-state index < -0.39 is 0 Å². The Hall–Kier alpha value is -4.06. The highest BCUT2D eigenvalue weighted by atomic mass is 16.5. The van der Waals surface area contributed by atoms with E-state index in [1.807, 2.05) is 79.0 Å². The second-order valence-corrected chi connectivity index (χ2v) is 6.72. The Morgan fingerprint density at radius 2 is 1.90 bits per heavy atom. The number of pyridine rings is 1. The van der Waals surface area contributed by atoms with Crippen molar-refractivity contribution < 1.29 is 9.53 Å². The average Bonchev–Trinajstić information content (AvgIpc) is 3.36. The quantitative estimate of drug-likeness (QED) is 0.465. The minimum Gasteiger partial charge on any atom is -0.471 e. The lowest BCUT2D eigenvalue weighted by Gasteiger charge is -2.08.